The Bertz CT molecular complexity index is 829. The summed E-state index contributed by atoms with van der Waals surface area (Å²) < 4.78 is 5.43. The number of hydrogen-bond donors (Lipinski definition) is 0. The summed E-state index contributed by atoms with van der Waals surface area (Å²) in [5.74, 6) is -0.0419. The standard InChI is InChI=1S/C21H24N4O3/c26-21(25-10-8-23(9-11-25)18-4-2-1-3-5-18)19-16-17(22-27)6-7-20(19)24-12-14-28-15-13-24/h1-7,16H,8-15H2. The van der Waals surface area contributed by atoms with E-state index in [-0.39, 0.29) is 11.6 Å². The van der Waals surface area contributed by atoms with E-state index in [2.05, 4.69) is 27.1 Å². The largest absolute Gasteiger partial charge is 0.378 e. The quantitative estimate of drug-likeness (QED) is 0.763. The van der Waals surface area contributed by atoms with Crippen LogP contribution in [0.4, 0.5) is 17.1 Å². The number of nitroso groups, excluding NO2 is 1. The predicted octanol–water partition coefficient (Wildman–Crippen LogP) is 2.88. The van der Waals surface area contributed by atoms with E-state index in [1.54, 1.807) is 12.1 Å². The number of morpholine rings is 1. The summed E-state index contributed by atoms with van der Waals surface area (Å²) in [6.45, 7) is 5.60. The fourth-order valence-corrected chi connectivity index (χ4v) is 3.81. The Morgan fingerprint density at radius 1 is 0.857 bits per heavy atom. The number of para-hydroxylation sites is 1. The third kappa shape index (κ3) is 3.84. The van der Waals surface area contributed by atoms with Gasteiger partial charge in [0.1, 0.15) is 5.69 Å². The number of hydrogen-bond acceptors (Lipinski definition) is 6. The van der Waals surface area contributed by atoms with Crippen molar-refractivity contribution in [3.63, 3.8) is 0 Å². The molecule has 1 amide bonds. The minimum absolute atomic E-state index is 0.0419. The van der Waals surface area contributed by atoms with Crippen molar-refractivity contribution >= 4 is 23.0 Å². The van der Waals surface area contributed by atoms with Crippen LogP contribution in [0.15, 0.2) is 53.7 Å². The number of rotatable bonds is 4. The van der Waals surface area contributed by atoms with Crippen LogP contribution in [-0.4, -0.2) is 63.3 Å². The van der Waals surface area contributed by atoms with Crippen molar-refractivity contribution in [2.45, 2.75) is 0 Å². The molecular weight excluding hydrogens is 356 g/mol. The first kappa shape index (κ1) is 18.4. The fourth-order valence-electron chi connectivity index (χ4n) is 3.81. The van der Waals surface area contributed by atoms with Crippen LogP contribution in [0.5, 0.6) is 0 Å². The van der Waals surface area contributed by atoms with Gasteiger partial charge >= 0.3 is 0 Å². The van der Waals surface area contributed by atoms with Gasteiger partial charge in [0.05, 0.1) is 18.8 Å². The van der Waals surface area contributed by atoms with Crippen LogP contribution >= 0.6 is 0 Å². The Labute approximate surface area is 164 Å². The van der Waals surface area contributed by atoms with Gasteiger partial charge in [-0.2, -0.15) is 0 Å². The number of carbonyl (C=O) groups is 1. The van der Waals surface area contributed by atoms with Crippen molar-refractivity contribution in [1.82, 2.24) is 4.90 Å². The van der Waals surface area contributed by atoms with Crippen molar-refractivity contribution < 1.29 is 9.53 Å². The number of carbonyl (C=O) groups excluding carboxylic acids is 1. The van der Waals surface area contributed by atoms with Crippen molar-refractivity contribution in [3.05, 3.63) is 59.0 Å². The molecule has 0 atom stereocenters. The lowest BCUT2D eigenvalue weighted by molar-refractivity contribution is 0.0746. The maximum Gasteiger partial charge on any atom is 0.256 e. The Kier molecular flexibility index (Phi) is 5.53. The summed E-state index contributed by atoms with van der Waals surface area (Å²) in [7, 11) is 0. The zero-order chi connectivity index (χ0) is 19.3. The average molecular weight is 380 g/mol. The predicted molar refractivity (Wildman–Crippen MR) is 109 cm³/mol. The minimum Gasteiger partial charge on any atom is -0.378 e. The molecule has 0 bridgehead atoms. The lowest BCUT2D eigenvalue weighted by Gasteiger charge is -2.37. The van der Waals surface area contributed by atoms with Crippen molar-refractivity contribution in [1.29, 1.82) is 0 Å². The van der Waals surface area contributed by atoms with Crippen LogP contribution in [0.25, 0.3) is 0 Å². The Balaban J connectivity index is 1.52. The highest BCUT2D eigenvalue weighted by molar-refractivity contribution is 6.01. The zero-order valence-corrected chi connectivity index (χ0v) is 15.8. The van der Waals surface area contributed by atoms with Crippen LogP contribution in [0.1, 0.15) is 10.4 Å². The first-order chi connectivity index (χ1) is 13.8. The van der Waals surface area contributed by atoms with E-state index >= 15 is 0 Å². The molecule has 0 N–H and O–H groups in total. The van der Waals surface area contributed by atoms with E-state index in [4.69, 9.17) is 4.74 Å². The third-order valence-corrected chi connectivity index (χ3v) is 5.36. The zero-order valence-electron chi connectivity index (χ0n) is 15.8. The van der Waals surface area contributed by atoms with Crippen LogP contribution in [0.3, 0.4) is 0 Å². The summed E-state index contributed by atoms with van der Waals surface area (Å²) in [5, 5.41) is 3.02. The molecule has 2 fully saturated rings. The van der Waals surface area contributed by atoms with Crippen LogP contribution in [0, 0.1) is 4.91 Å². The Morgan fingerprint density at radius 2 is 1.57 bits per heavy atom. The number of amides is 1. The van der Waals surface area contributed by atoms with Gasteiger partial charge in [0.25, 0.3) is 5.91 Å². The first-order valence-corrected chi connectivity index (χ1v) is 9.65. The number of piperazine rings is 1. The molecule has 0 aromatic heterocycles. The minimum atomic E-state index is -0.0419. The molecule has 146 valence electrons. The molecule has 0 saturated carbocycles. The number of benzene rings is 2. The summed E-state index contributed by atoms with van der Waals surface area (Å²) in [6.07, 6.45) is 0. The molecule has 2 saturated heterocycles. The van der Waals surface area contributed by atoms with Gasteiger partial charge in [0, 0.05) is 50.6 Å². The lowest BCUT2D eigenvalue weighted by atomic mass is 10.1. The molecule has 2 aliphatic heterocycles. The van der Waals surface area contributed by atoms with Crippen molar-refractivity contribution in [2.75, 3.05) is 62.3 Å². The number of nitrogens with zero attached hydrogens (tertiary/aromatic N) is 4. The molecule has 2 heterocycles. The van der Waals surface area contributed by atoms with Crippen LogP contribution in [0.2, 0.25) is 0 Å². The molecule has 7 nitrogen and oxygen atoms in total. The highest BCUT2D eigenvalue weighted by Gasteiger charge is 2.26. The maximum absolute atomic E-state index is 13.3. The highest BCUT2D eigenvalue weighted by Crippen LogP contribution is 2.28. The fraction of sp³-hybridized carbons (Fsp3) is 0.381. The van der Waals surface area contributed by atoms with E-state index in [1.807, 2.05) is 29.2 Å². The summed E-state index contributed by atoms with van der Waals surface area (Å²) >= 11 is 0. The van der Waals surface area contributed by atoms with Gasteiger partial charge in [-0.1, -0.05) is 18.2 Å². The van der Waals surface area contributed by atoms with Crippen molar-refractivity contribution in [3.8, 4) is 0 Å². The second-order valence-corrected chi connectivity index (χ2v) is 7.01. The third-order valence-electron chi connectivity index (χ3n) is 5.36. The normalized spacial score (nSPS) is 17.5. The monoisotopic (exact) mass is 380 g/mol. The molecule has 0 unspecified atom stereocenters. The molecule has 2 aliphatic rings. The molecule has 0 spiro atoms. The summed E-state index contributed by atoms with van der Waals surface area (Å²) in [4.78, 5) is 30.6. The van der Waals surface area contributed by atoms with Crippen molar-refractivity contribution in [2.24, 2.45) is 5.18 Å². The van der Waals surface area contributed by atoms with Gasteiger partial charge in [-0.3, -0.25) is 4.79 Å². The van der Waals surface area contributed by atoms with Gasteiger partial charge in [0.2, 0.25) is 0 Å². The number of anilines is 2. The SMILES string of the molecule is O=Nc1ccc(N2CCOCC2)c(C(=O)N2CCN(c3ccccc3)CC2)c1. The van der Waals surface area contributed by atoms with E-state index in [9.17, 15) is 9.70 Å². The van der Waals surface area contributed by atoms with Gasteiger partial charge in [-0.05, 0) is 35.5 Å². The van der Waals surface area contributed by atoms with Crippen LogP contribution in [-0.2, 0) is 4.74 Å². The van der Waals surface area contributed by atoms with Gasteiger partial charge < -0.3 is 19.4 Å². The molecule has 0 radical (unpaired) electrons. The average Bonchev–Trinajstić information content (AvgIpc) is 2.79. The van der Waals surface area contributed by atoms with Gasteiger partial charge in [-0.15, -0.1) is 4.91 Å². The molecular formula is C21H24N4O3. The molecule has 2 aromatic rings. The summed E-state index contributed by atoms with van der Waals surface area (Å²) in [6, 6.07) is 15.4. The summed E-state index contributed by atoms with van der Waals surface area (Å²) in [5.41, 5.74) is 2.86. The molecule has 7 heteroatoms. The second kappa shape index (κ2) is 8.39. The molecule has 2 aromatic carbocycles. The van der Waals surface area contributed by atoms with E-state index in [0.717, 1.165) is 31.9 Å². The Hall–Kier alpha value is -2.93. The number of ether oxygens (including phenoxy) is 1. The highest BCUT2D eigenvalue weighted by atomic mass is 16.5. The smallest absolute Gasteiger partial charge is 0.256 e. The van der Waals surface area contributed by atoms with Gasteiger partial charge in [0.15, 0.2) is 0 Å². The van der Waals surface area contributed by atoms with Gasteiger partial charge in [-0.25, -0.2) is 0 Å². The first-order valence-electron chi connectivity index (χ1n) is 9.65. The molecule has 28 heavy (non-hydrogen) atoms. The van der Waals surface area contributed by atoms with E-state index in [0.29, 0.717) is 31.9 Å². The van der Waals surface area contributed by atoms with E-state index in [1.165, 1.54) is 5.69 Å². The molecule has 4 rings (SSSR count). The van der Waals surface area contributed by atoms with Crippen LogP contribution < -0.4 is 9.80 Å². The lowest BCUT2D eigenvalue weighted by Crippen LogP contribution is -2.49. The topological polar surface area (TPSA) is 65.5 Å². The maximum atomic E-state index is 13.3. The Morgan fingerprint density at radius 3 is 2.25 bits per heavy atom. The van der Waals surface area contributed by atoms with E-state index < -0.39 is 0 Å². The second-order valence-electron chi connectivity index (χ2n) is 7.01. The molecule has 0 aliphatic carbocycles.